The molecule has 0 aliphatic heterocycles. The molecule has 0 N–H and O–H groups in total. The first kappa shape index (κ1) is 11.2. The fourth-order valence-corrected chi connectivity index (χ4v) is 1.46. The van der Waals surface area contributed by atoms with Crippen molar-refractivity contribution in [1.82, 2.24) is 4.98 Å². The number of aryl methyl sites for hydroxylation is 1. The van der Waals surface area contributed by atoms with Crippen LogP contribution in [0.5, 0.6) is 11.6 Å². The summed E-state index contributed by atoms with van der Waals surface area (Å²) in [6, 6.07) is 13.3. The number of hydrogen-bond acceptors (Lipinski definition) is 3. The molecule has 0 bridgehead atoms. The molecule has 0 fully saturated rings. The van der Waals surface area contributed by atoms with E-state index < -0.39 is 0 Å². The van der Waals surface area contributed by atoms with Gasteiger partial charge in [0.1, 0.15) is 11.8 Å². The summed E-state index contributed by atoms with van der Waals surface area (Å²) in [5.74, 6) is 1.26. The van der Waals surface area contributed by atoms with Crippen molar-refractivity contribution in [2.24, 2.45) is 0 Å². The Morgan fingerprint density at radius 3 is 2.82 bits per heavy atom. The molecule has 0 aliphatic carbocycles. The predicted molar refractivity (Wildman–Crippen MR) is 64.8 cm³/mol. The average Bonchev–Trinajstić information content (AvgIpc) is 2.40. The smallest absolute Gasteiger partial charge is 0.219 e. The van der Waals surface area contributed by atoms with Crippen molar-refractivity contribution in [2.45, 2.75) is 13.3 Å². The zero-order chi connectivity index (χ0) is 12.1. The number of rotatable bonds is 3. The Bertz CT molecular complexity index is 541. The summed E-state index contributed by atoms with van der Waals surface area (Å²) in [5, 5.41) is 8.66. The Morgan fingerprint density at radius 2 is 2.18 bits per heavy atom. The summed E-state index contributed by atoms with van der Waals surface area (Å²) in [5.41, 5.74) is 1.75. The molecule has 1 aromatic carbocycles. The monoisotopic (exact) mass is 224 g/mol. The van der Waals surface area contributed by atoms with E-state index in [-0.39, 0.29) is 0 Å². The third-order valence-electron chi connectivity index (χ3n) is 2.39. The highest BCUT2D eigenvalue weighted by atomic mass is 16.5. The second-order valence-electron chi connectivity index (χ2n) is 3.60. The average molecular weight is 224 g/mol. The topological polar surface area (TPSA) is 45.9 Å². The normalized spacial score (nSPS) is 9.65. The van der Waals surface area contributed by atoms with E-state index in [9.17, 15) is 0 Å². The van der Waals surface area contributed by atoms with Gasteiger partial charge in [0.25, 0.3) is 0 Å². The minimum absolute atomic E-state index is 0.497. The lowest BCUT2D eigenvalue weighted by Crippen LogP contribution is -1.89. The fourth-order valence-electron chi connectivity index (χ4n) is 1.46. The minimum Gasteiger partial charge on any atom is -0.439 e. The van der Waals surface area contributed by atoms with Gasteiger partial charge >= 0.3 is 0 Å². The summed E-state index contributed by atoms with van der Waals surface area (Å²) in [6.07, 6.45) is 2.47. The van der Waals surface area contributed by atoms with Crippen molar-refractivity contribution in [3.63, 3.8) is 0 Å². The van der Waals surface area contributed by atoms with Crippen LogP contribution >= 0.6 is 0 Å². The minimum atomic E-state index is 0.497. The van der Waals surface area contributed by atoms with Crippen molar-refractivity contribution in [2.75, 3.05) is 0 Å². The molecule has 0 spiro atoms. The van der Waals surface area contributed by atoms with Crippen molar-refractivity contribution < 1.29 is 4.74 Å². The zero-order valence-corrected chi connectivity index (χ0v) is 9.55. The lowest BCUT2D eigenvalue weighted by atomic mass is 10.2. The van der Waals surface area contributed by atoms with E-state index in [1.54, 1.807) is 12.1 Å². The van der Waals surface area contributed by atoms with Crippen LogP contribution in [0, 0.1) is 11.3 Å². The number of ether oxygens (including phenoxy) is 1. The maximum atomic E-state index is 8.66. The van der Waals surface area contributed by atoms with Crippen LogP contribution in [0.3, 0.4) is 0 Å². The predicted octanol–water partition coefficient (Wildman–Crippen LogP) is 3.31. The van der Waals surface area contributed by atoms with Gasteiger partial charge in [0, 0.05) is 12.3 Å². The van der Waals surface area contributed by atoms with E-state index in [1.165, 1.54) is 11.8 Å². The standard InChI is InChI=1S/C14H12N2O/c1-2-11-4-3-5-13(8-11)17-14-7-6-12(9-15)10-16-14/h3-8,10H,2H2,1H3. The van der Waals surface area contributed by atoms with Crippen molar-refractivity contribution in [1.29, 1.82) is 5.26 Å². The van der Waals surface area contributed by atoms with Gasteiger partial charge in [0.15, 0.2) is 0 Å². The molecule has 2 rings (SSSR count). The number of hydrogen-bond donors (Lipinski definition) is 0. The van der Waals surface area contributed by atoms with Gasteiger partial charge in [-0.1, -0.05) is 19.1 Å². The lowest BCUT2D eigenvalue weighted by molar-refractivity contribution is 0.462. The molecule has 0 atom stereocenters. The molecule has 0 amide bonds. The molecular weight excluding hydrogens is 212 g/mol. The molecular formula is C14H12N2O. The van der Waals surface area contributed by atoms with Crippen LogP contribution in [0.25, 0.3) is 0 Å². The zero-order valence-electron chi connectivity index (χ0n) is 9.55. The number of benzene rings is 1. The first-order valence-electron chi connectivity index (χ1n) is 5.45. The van der Waals surface area contributed by atoms with Gasteiger partial charge in [-0.2, -0.15) is 5.26 Å². The molecule has 0 saturated heterocycles. The maximum absolute atomic E-state index is 8.66. The summed E-state index contributed by atoms with van der Waals surface area (Å²) in [6.45, 7) is 2.10. The molecule has 3 heteroatoms. The quantitative estimate of drug-likeness (QED) is 0.803. The highest BCUT2D eigenvalue weighted by Gasteiger charge is 1.99. The van der Waals surface area contributed by atoms with E-state index in [1.807, 2.05) is 24.3 Å². The van der Waals surface area contributed by atoms with Gasteiger partial charge in [0.2, 0.25) is 5.88 Å². The highest BCUT2D eigenvalue weighted by Crippen LogP contribution is 2.20. The van der Waals surface area contributed by atoms with Crippen molar-refractivity contribution in [3.05, 3.63) is 53.7 Å². The van der Waals surface area contributed by atoms with Gasteiger partial charge in [-0.25, -0.2) is 4.98 Å². The van der Waals surface area contributed by atoms with Crippen LogP contribution in [0.2, 0.25) is 0 Å². The Kier molecular flexibility index (Phi) is 3.37. The molecule has 3 nitrogen and oxygen atoms in total. The number of aromatic nitrogens is 1. The van der Waals surface area contributed by atoms with Crippen LogP contribution in [0.4, 0.5) is 0 Å². The Morgan fingerprint density at radius 1 is 1.29 bits per heavy atom. The van der Waals surface area contributed by atoms with Gasteiger partial charge < -0.3 is 4.74 Å². The first-order chi connectivity index (χ1) is 8.31. The fraction of sp³-hybridized carbons (Fsp3) is 0.143. The molecule has 1 heterocycles. The molecule has 0 saturated carbocycles. The number of nitrogens with zero attached hydrogens (tertiary/aromatic N) is 2. The number of nitriles is 1. The van der Waals surface area contributed by atoms with Crippen molar-refractivity contribution >= 4 is 0 Å². The second kappa shape index (κ2) is 5.13. The SMILES string of the molecule is CCc1cccc(Oc2ccc(C#N)cn2)c1. The van der Waals surface area contributed by atoms with Crippen LogP contribution in [0.15, 0.2) is 42.6 Å². The molecule has 0 aliphatic rings. The second-order valence-corrected chi connectivity index (χ2v) is 3.60. The van der Waals surface area contributed by atoms with Gasteiger partial charge in [-0.15, -0.1) is 0 Å². The van der Waals surface area contributed by atoms with Crippen molar-refractivity contribution in [3.8, 4) is 17.7 Å². The van der Waals surface area contributed by atoms with E-state index in [0.717, 1.165) is 12.2 Å². The van der Waals surface area contributed by atoms with Crippen LogP contribution in [0.1, 0.15) is 18.1 Å². The third-order valence-corrected chi connectivity index (χ3v) is 2.39. The van der Waals surface area contributed by atoms with E-state index >= 15 is 0 Å². The first-order valence-corrected chi connectivity index (χ1v) is 5.45. The summed E-state index contributed by atoms with van der Waals surface area (Å²) in [7, 11) is 0. The molecule has 0 unspecified atom stereocenters. The molecule has 2 aromatic rings. The summed E-state index contributed by atoms with van der Waals surface area (Å²) in [4.78, 5) is 4.06. The van der Waals surface area contributed by atoms with E-state index in [2.05, 4.69) is 18.0 Å². The lowest BCUT2D eigenvalue weighted by Gasteiger charge is -2.05. The van der Waals surface area contributed by atoms with E-state index in [4.69, 9.17) is 10.00 Å². The summed E-state index contributed by atoms with van der Waals surface area (Å²) >= 11 is 0. The Hall–Kier alpha value is -2.34. The highest BCUT2D eigenvalue weighted by molar-refractivity contribution is 5.33. The summed E-state index contributed by atoms with van der Waals surface area (Å²) < 4.78 is 5.60. The van der Waals surface area contributed by atoms with Gasteiger partial charge in [-0.05, 0) is 30.2 Å². The Balaban J connectivity index is 2.16. The van der Waals surface area contributed by atoms with Gasteiger partial charge in [-0.3, -0.25) is 0 Å². The maximum Gasteiger partial charge on any atom is 0.219 e. The largest absolute Gasteiger partial charge is 0.439 e. The molecule has 17 heavy (non-hydrogen) atoms. The molecule has 0 radical (unpaired) electrons. The van der Waals surface area contributed by atoms with Gasteiger partial charge in [0.05, 0.1) is 5.56 Å². The van der Waals surface area contributed by atoms with Crippen LogP contribution in [-0.2, 0) is 6.42 Å². The Labute approximate surface area is 100 Å². The van der Waals surface area contributed by atoms with Crippen LogP contribution < -0.4 is 4.74 Å². The molecule has 84 valence electrons. The van der Waals surface area contributed by atoms with Crippen LogP contribution in [-0.4, -0.2) is 4.98 Å². The molecule has 1 aromatic heterocycles. The third kappa shape index (κ3) is 2.82. The number of pyridine rings is 1. The van der Waals surface area contributed by atoms with E-state index in [0.29, 0.717) is 11.4 Å².